The standard InChI is InChI=1S/C13H20N2O.H2/c1-11-4-6-12(7-5-11)10-13(16)14-8-9-15(2)3;/h4-7H,8-10H2,1-3H3,(H,14,16);1H. The molecule has 1 amide bonds. The van der Waals surface area contributed by atoms with Gasteiger partial charge in [0.05, 0.1) is 6.42 Å². The number of hydrogen-bond donors (Lipinski definition) is 1. The van der Waals surface area contributed by atoms with E-state index < -0.39 is 0 Å². The molecule has 0 aliphatic rings. The van der Waals surface area contributed by atoms with Gasteiger partial charge in [-0.2, -0.15) is 0 Å². The highest BCUT2D eigenvalue weighted by Gasteiger charge is 2.02. The van der Waals surface area contributed by atoms with E-state index in [4.69, 9.17) is 0 Å². The fourth-order valence-corrected chi connectivity index (χ4v) is 1.37. The van der Waals surface area contributed by atoms with E-state index >= 15 is 0 Å². The van der Waals surface area contributed by atoms with E-state index in [1.54, 1.807) is 0 Å². The summed E-state index contributed by atoms with van der Waals surface area (Å²) in [5.41, 5.74) is 2.28. The van der Waals surface area contributed by atoms with Crippen molar-refractivity contribution in [1.29, 1.82) is 0 Å². The van der Waals surface area contributed by atoms with Crippen molar-refractivity contribution >= 4 is 5.91 Å². The van der Waals surface area contributed by atoms with Crippen LogP contribution in [-0.4, -0.2) is 38.0 Å². The lowest BCUT2D eigenvalue weighted by atomic mass is 10.1. The summed E-state index contributed by atoms with van der Waals surface area (Å²) in [7, 11) is 3.98. The number of nitrogens with zero attached hydrogens (tertiary/aromatic N) is 1. The molecule has 0 saturated heterocycles. The third kappa shape index (κ3) is 4.94. The molecule has 16 heavy (non-hydrogen) atoms. The topological polar surface area (TPSA) is 32.3 Å². The second-order valence-electron chi connectivity index (χ2n) is 4.32. The van der Waals surface area contributed by atoms with Gasteiger partial charge in [0.2, 0.25) is 5.91 Å². The van der Waals surface area contributed by atoms with E-state index in [9.17, 15) is 4.79 Å². The molecule has 0 aliphatic heterocycles. The molecule has 0 unspecified atom stereocenters. The Hall–Kier alpha value is -1.35. The summed E-state index contributed by atoms with van der Waals surface area (Å²) in [6.45, 7) is 3.62. The Balaban J connectivity index is 0.00000256. The molecular weight excluding hydrogens is 200 g/mol. The lowest BCUT2D eigenvalue weighted by molar-refractivity contribution is -0.120. The fourth-order valence-electron chi connectivity index (χ4n) is 1.37. The maximum absolute atomic E-state index is 11.5. The van der Waals surface area contributed by atoms with Gasteiger partial charge in [-0.1, -0.05) is 29.8 Å². The van der Waals surface area contributed by atoms with Crippen LogP contribution in [0.3, 0.4) is 0 Å². The predicted octanol–water partition coefficient (Wildman–Crippen LogP) is 1.46. The summed E-state index contributed by atoms with van der Waals surface area (Å²) < 4.78 is 0. The molecule has 0 radical (unpaired) electrons. The quantitative estimate of drug-likeness (QED) is 0.818. The van der Waals surface area contributed by atoms with Crippen molar-refractivity contribution in [3.8, 4) is 0 Å². The van der Waals surface area contributed by atoms with E-state index in [1.165, 1.54) is 5.56 Å². The zero-order valence-electron chi connectivity index (χ0n) is 10.3. The molecule has 1 N–H and O–H groups in total. The molecular formula is C13H22N2O. The number of nitrogens with one attached hydrogen (secondary N) is 1. The van der Waals surface area contributed by atoms with Crippen molar-refractivity contribution < 1.29 is 6.22 Å². The Morgan fingerprint density at radius 1 is 1.31 bits per heavy atom. The van der Waals surface area contributed by atoms with Crippen LogP contribution in [0.4, 0.5) is 0 Å². The van der Waals surface area contributed by atoms with Crippen molar-refractivity contribution in [2.24, 2.45) is 0 Å². The molecule has 1 rings (SSSR count). The smallest absolute Gasteiger partial charge is 0.224 e. The van der Waals surface area contributed by atoms with Gasteiger partial charge in [0.15, 0.2) is 0 Å². The SMILES string of the molecule is Cc1ccc(CC(=O)NCCN(C)C)cc1.[HH]. The normalized spacial score (nSPS) is 10.5. The van der Waals surface area contributed by atoms with Crippen LogP contribution in [0.15, 0.2) is 24.3 Å². The van der Waals surface area contributed by atoms with Crippen LogP contribution in [0.5, 0.6) is 0 Å². The number of carbonyl (C=O) groups excluding carboxylic acids is 1. The van der Waals surface area contributed by atoms with Gasteiger partial charge >= 0.3 is 0 Å². The largest absolute Gasteiger partial charge is 0.355 e. The minimum absolute atomic E-state index is 0. The van der Waals surface area contributed by atoms with Crippen LogP contribution in [-0.2, 0) is 11.2 Å². The molecule has 0 aromatic heterocycles. The van der Waals surface area contributed by atoms with E-state index in [0.717, 1.165) is 12.1 Å². The third-order valence-electron chi connectivity index (χ3n) is 2.37. The Morgan fingerprint density at radius 3 is 2.50 bits per heavy atom. The summed E-state index contributed by atoms with van der Waals surface area (Å²) in [6, 6.07) is 8.06. The number of hydrogen-bond acceptors (Lipinski definition) is 2. The first-order valence-corrected chi connectivity index (χ1v) is 5.55. The Kier molecular flexibility index (Phi) is 4.99. The fraction of sp³-hybridized carbons (Fsp3) is 0.462. The highest BCUT2D eigenvalue weighted by atomic mass is 16.1. The maximum atomic E-state index is 11.5. The molecule has 90 valence electrons. The van der Waals surface area contributed by atoms with E-state index in [2.05, 4.69) is 5.32 Å². The summed E-state index contributed by atoms with van der Waals surface area (Å²) in [5.74, 6) is 0.0886. The second kappa shape index (κ2) is 6.28. The maximum Gasteiger partial charge on any atom is 0.224 e. The van der Waals surface area contributed by atoms with Crippen molar-refractivity contribution in [2.45, 2.75) is 13.3 Å². The first kappa shape index (κ1) is 12.7. The lowest BCUT2D eigenvalue weighted by Gasteiger charge is -2.10. The van der Waals surface area contributed by atoms with E-state index in [1.807, 2.05) is 50.2 Å². The number of carbonyl (C=O) groups is 1. The minimum atomic E-state index is 0. The molecule has 0 heterocycles. The monoisotopic (exact) mass is 222 g/mol. The molecule has 0 bridgehead atoms. The van der Waals surface area contributed by atoms with Gasteiger partial charge in [-0.25, -0.2) is 0 Å². The lowest BCUT2D eigenvalue weighted by Crippen LogP contribution is -2.32. The molecule has 1 aromatic carbocycles. The summed E-state index contributed by atoms with van der Waals surface area (Å²) in [5, 5.41) is 2.90. The third-order valence-corrected chi connectivity index (χ3v) is 2.37. The first-order valence-electron chi connectivity index (χ1n) is 5.55. The van der Waals surface area contributed by atoms with Crippen LogP contribution >= 0.6 is 0 Å². The number of likely N-dealkylation sites (N-methyl/N-ethyl adjacent to an activating group) is 1. The molecule has 3 heteroatoms. The van der Waals surface area contributed by atoms with Gasteiger partial charge in [0.25, 0.3) is 0 Å². The van der Waals surface area contributed by atoms with Gasteiger partial charge in [-0.15, -0.1) is 0 Å². The zero-order chi connectivity index (χ0) is 12.0. The van der Waals surface area contributed by atoms with Gasteiger partial charge in [0.1, 0.15) is 0 Å². The summed E-state index contributed by atoms with van der Waals surface area (Å²) in [4.78, 5) is 13.6. The highest BCUT2D eigenvalue weighted by Crippen LogP contribution is 2.03. The van der Waals surface area contributed by atoms with Crippen LogP contribution in [0.1, 0.15) is 12.6 Å². The minimum Gasteiger partial charge on any atom is -0.355 e. The van der Waals surface area contributed by atoms with Gasteiger partial charge in [0, 0.05) is 14.5 Å². The molecule has 0 atom stereocenters. The van der Waals surface area contributed by atoms with Crippen LogP contribution in [0.25, 0.3) is 0 Å². The summed E-state index contributed by atoms with van der Waals surface area (Å²) in [6.07, 6.45) is 0.466. The molecule has 0 saturated carbocycles. The second-order valence-corrected chi connectivity index (χ2v) is 4.32. The highest BCUT2D eigenvalue weighted by molar-refractivity contribution is 5.78. The van der Waals surface area contributed by atoms with Gasteiger partial charge < -0.3 is 10.2 Å². The van der Waals surface area contributed by atoms with E-state index in [0.29, 0.717) is 13.0 Å². The average molecular weight is 222 g/mol. The molecule has 0 spiro atoms. The Labute approximate surface area is 98.9 Å². The first-order chi connectivity index (χ1) is 7.58. The van der Waals surface area contributed by atoms with Crippen molar-refractivity contribution in [1.82, 2.24) is 10.2 Å². The summed E-state index contributed by atoms with van der Waals surface area (Å²) >= 11 is 0. The molecule has 1 aromatic rings. The number of amides is 1. The number of benzene rings is 1. The average Bonchev–Trinajstić information content (AvgIpc) is 2.21. The Morgan fingerprint density at radius 2 is 1.94 bits per heavy atom. The number of aryl methyl sites for hydroxylation is 1. The van der Waals surface area contributed by atoms with E-state index in [-0.39, 0.29) is 7.33 Å². The zero-order valence-corrected chi connectivity index (χ0v) is 10.3. The van der Waals surface area contributed by atoms with Crippen LogP contribution in [0, 0.1) is 6.92 Å². The molecule has 0 fully saturated rings. The van der Waals surface area contributed by atoms with Crippen molar-refractivity contribution in [3.63, 3.8) is 0 Å². The predicted molar refractivity (Wildman–Crippen MR) is 68.6 cm³/mol. The van der Waals surface area contributed by atoms with Crippen molar-refractivity contribution in [3.05, 3.63) is 35.4 Å². The van der Waals surface area contributed by atoms with Crippen molar-refractivity contribution in [2.75, 3.05) is 27.2 Å². The molecule has 0 aliphatic carbocycles. The number of rotatable bonds is 5. The van der Waals surface area contributed by atoms with Crippen LogP contribution < -0.4 is 5.32 Å². The molecule has 3 nitrogen and oxygen atoms in total. The Bertz CT molecular complexity index is 336. The van der Waals surface area contributed by atoms with Gasteiger partial charge in [-0.05, 0) is 26.6 Å². The van der Waals surface area contributed by atoms with Gasteiger partial charge in [-0.3, -0.25) is 4.79 Å². The van der Waals surface area contributed by atoms with Crippen LogP contribution in [0.2, 0.25) is 0 Å².